The Balaban J connectivity index is -0.000000644. The molecule has 0 aliphatic heterocycles. The van der Waals surface area contributed by atoms with Crippen molar-refractivity contribution < 1.29 is 64.5 Å². The van der Waals surface area contributed by atoms with Gasteiger partial charge in [0.2, 0.25) is 0 Å². The number of carbonyl (C=O) groups is 6. The number of nitrogens with two attached hydrogens (primary N) is 7. The maximum Gasteiger partial charge on any atom is 0.322 e. The number of imidazole rings is 1. The highest BCUT2D eigenvalue weighted by molar-refractivity contribution is 5.84. The summed E-state index contributed by atoms with van der Waals surface area (Å²) in [5, 5.41) is 58.6. The van der Waals surface area contributed by atoms with Gasteiger partial charge in [-0.2, -0.15) is 0 Å². The van der Waals surface area contributed by atoms with E-state index in [0.717, 1.165) is 35.0 Å². The summed E-state index contributed by atoms with van der Waals surface area (Å²) in [5.41, 5.74) is 38.7. The van der Waals surface area contributed by atoms with Crippen LogP contribution in [0.5, 0.6) is 0 Å². The zero-order chi connectivity index (χ0) is 45.5. The van der Waals surface area contributed by atoms with Crippen LogP contribution in [-0.4, -0.2) is 136 Å². The summed E-state index contributed by atoms with van der Waals surface area (Å²) < 4.78 is 0. The zero-order valence-corrected chi connectivity index (χ0v) is 32.8. The second kappa shape index (κ2) is 32.5. The molecule has 0 bridgehead atoms. The maximum absolute atomic E-state index is 10.6. The van der Waals surface area contributed by atoms with Gasteiger partial charge in [-0.05, 0) is 50.3 Å². The summed E-state index contributed by atoms with van der Waals surface area (Å²) in [6.45, 7) is 5.41. The predicted octanol–water partition coefficient (Wildman–Crippen LogP) is -1.73. The Hall–Kier alpha value is -5.53. The minimum absolute atomic E-state index is 0.287. The number of carboxylic acids is 6. The van der Waals surface area contributed by atoms with Crippen LogP contribution in [0.4, 0.5) is 0 Å². The van der Waals surface area contributed by atoms with Crippen LogP contribution in [0.3, 0.4) is 0 Å². The number of nitrogens with one attached hydrogen (secondary N) is 2. The number of benzene rings is 1. The molecule has 330 valence electrons. The third-order valence-electron chi connectivity index (χ3n) is 6.98. The van der Waals surface area contributed by atoms with E-state index in [2.05, 4.69) is 15.0 Å². The van der Waals surface area contributed by atoms with E-state index in [9.17, 15) is 28.8 Å². The van der Waals surface area contributed by atoms with Crippen molar-refractivity contribution in [3.63, 3.8) is 0 Å². The van der Waals surface area contributed by atoms with Crippen LogP contribution in [-0.2, 0) is 41.6 Å². The van der Waals surface area contributed by atoms with Crippen molar-refractivity contribution in [1.29, 1.82) is 0 Å². The number of hydrogen-bond acceptors (Lipinski definition) is 15. The van der Waals surface area contributed by atoms with Crippen LogP contribution in [0, 0.1) is 5.92 Å². The van der Waals surface area contributed by atoms with Gasteiger partial charge in [-0.3, -0.25) is 28.8 Å². The van der Waals surface area contributed by atoms with Crippen LogP contribution in [0.15, 0.2) is 43.0 Å². The molecule has 0 unspecified atom stereocenters. The second-order valence-corrected chi connectivity index (χ2v) is 12.8. The lowest BCUT2D eigenvalue weighted by Crippen LogP contribution is -2.33. The van der Waals surface area contributed by atoms with E-state index < -0.39 is 78.7 Å². The number of unbranched alkanes of at least 4 members (excludes halogenated alkanes) is 1. The fraction of sp³-hybridized carbons (Fsp3) is 0.514. The fourth-order valence-electron chi connectivity index (χ4n) is 3.66. The normalized spacial score (nSPS) is 13.2. The molecule has 3 rings (SSSR count). The molecule has 23 heteroatoms. The summed E-state index contributed by atoms with van der Waals surface area (Å²) in [6, 6.07) is 2.80. The van der Waals surface area contributed by atoms with Gasteiger partial charge in [-0.25, -0.2) is 4.98 Å². The van der Waals surface area contributed by atoms with Crippen molar-refractivity contribution in [3.8, 4) is 0 Å². The molecule has 6 atom stereocenters. The molecule has 0 aliphatic rings. The van der Waals surface area contributed by atoms with E-state index in [1.807, 2.05) is 44.3 Å². The molecule has 3 aromatic rings. The van der Waals surface area contributed by atoms with E-state index in [0.29, 0.717) is 31.7 Å². The van der Waals surface area contributed by atoms with Gasteiger partial charge in [0.15, 0.2) is 0 Å². The average Bonchev–Trinajstić information content (AvgIpc) is 3.82. The molecule has 0 radical (unpaired) electrons. The molecular weight excluding hydrogens is 768 g/mol. The molecule has 58 heavy (non-hydrogen) atoms. The van der Waals surface area contributed by atoms with Gasteiger partial charge in [0.25, 0.3) is 0 Å². The van der Waals surface area contributed by atoms with Crippen molar-refractivity contribution in [1.82, 2.24) is 15.0 Å². The first-order chi connectivity index (χ1) is 26.9. The van der Waals surface area contributed by atoms with Gasteiger partial charge in [-0.15, -0.1) is 0 Å². The quantitative estimate of drug-likeness (QED) is 0.0672. The molecule has 0 saturated carbocycles. The molecule has 0 saturated heterocycles. The Bertz CT molecular complexity index is 1600. The molecule has 23 nitrogen and oxygen atoms in total. The lowest BCUT2D eigenvalue weighted by atomic mass is 10.1. The summed E-state index contributed by atoms with van der Waals surface area (Å²) >= 11 is 0. The van der Waals surface area contributed by atoms with E-state index in [1.165, 1.54) is 13.3 Å². The number of H-pyrrole nitrogens is 2. The maximum atomic E-state index is 10.6. The lowest BCUT2D eigenvalue weighted by molar-refractivity contribution is -0.140. The second-order valence-electron chi connectivity index (χ2n) is 12.8. The Kier molecular flexibility index (Phi) is 31.9. The van der Waals surface area contributed by atoms with Crippen LogP contribution in [0.1, 0.15) is 57.7 Å². The number of aromatic amines is 2. The number of para-hydroxylation sites is 1. The number of hydrogen-bond donors (Lipinski definition) is 16. The molecule has 0 aliphatic carbocycles. The predicted molar refractivity (Wildman–Crippen MR) is 213 cm³/mol. The third kappa shape index (κ3) is 29.7. The number of carboxylic acid groups (broad SMARTS) is 6. The van der Waals surface area contributed by atoms with Crippen LogP contribution < -0.4 is 40.1 Å². The summed E-state index contributed by atoms with van der Waals surface area (Å²) in [6.07, 6.45) is 8.21. The highest BCUT2D eigenvalue weighted by Crippen LogP contribution is 2.18. The van der Waals surface area contributed by atoms with Crippen LogP contribution in [0.2, 0.25) is 0 Å². The Morgan fingerprint density at radius 2 is 1.14 bits per heavy atom. The first-order valence-corrected chi connectivity index (χ1v) is 17.7. The van der Waals surface area contributed by atoms with Gasteiger partial charge in [0, 0.05) is 41.8 Å². The van der Waals surface area contributed by atoms with Crippen molar-refractivity contribution in [2.75, 3.05) is 13.2 Å². The van der Waals surface area contributed by atoms with Gasteiger partial charge < -0.3 is 85.8 Å². The van der Waals surface area contributed by atoms with Gasteiger partial charge in [-0.1, -0.05) is 38.5 Å². The third-order valence-corrected chi connectivity index (χ3v) is 6.98. The molecule has 2 aromatic heterocycles. The van der Waals surface area contributed by atoms with E-state index in [-0.39, 0.29) is 6.42 Å². The summed E-state index contributed by atoms with van der Waals surface area (Å²) in [5.74, 6) is -5.60. The van der Waals surface area contributed by atoms with Gasteiger partial charge >= 0.3 is 35.8 Å². The minimum atomic E-state index is -1.18. The fourth-order valence-corrected chi connectivity index (χ4v) is 3.66. The minimum Gasteiger partial charge on any atom is -0.480 e. The monoisotopic (exact) mass is 830 g/mol. The van der Waals surface area contributed by atoms with Crippen molar-refractivity contribution in [2.24, 2.45) is 46.1 Å². The summed E-state index contributed by atoms with van der Waals surface area (Å²) in [7, 11) is 0. The highest BCUT2D eigenvalue weighted by atomic mass is 16.4. The smallest absolute Gasteiger partial charge is 0.322 e. The number of aliphatic hydroxyl groups is 1. The molecule has 23 N–H and O–H groups in total. The van der Waals surface area contributed by atoms with Crippen molar-refractivity contribution in [3.05, 3.63) is 54.2 Å². The highest BCUT2D eigenvalue weighted by Gasteiger charge is 2.15. The van der Waals surface area contributed by atoms with E-state index >= 15 is 0 Å². The number of nitrogens with zero attached hydrogens (tertiary/aromatic N) is 1. The lowest BCUT2D eigenvalue weighted by Gasteiger charge is -2.07. The molecule has 1 aromatic carbocycles. The largest absolute Gasteiger partial charge is 0.480 e. The number of aliphatic hydroxyl groups excluding tert-OH is 1. The number of rotatable bonds is 17. The number of aromatic nitrogens is 3. The average molecular weight is 831 g/mol. The van der Waals surface area contributed by atoms with E-state index in [4.69, 9.17) is 75.9 Å². The summed E-state index contributed by atoms with van der Waals surface area (Å²) in [4.78, 5) is 69.9. The molecule has 2 heterocycles. The standard InChI is InChI=1S/C11H12N2O2.C6H9N3O2.C6H14N2O2.C6H13NO2.C3H7NO3.C3H7NO2/c12-9(11(14)15)5-7-6-13-10-4-2-1-3-8(7)10;7-5(6(10)11)1-4-2-8-3-9-4;7-4-2-1-3-5(8)6(9)10;1-4(2)3-5(7)6(8)9;4-2(1-5)3(6)7;1-2(4)3(5)6/h1-4,6,9,13H,5,12H2,(H,14,15);2-3,5H,1,7H2,(H,8,9)(H,10,11);5H,1-4,7-8H2,(H,9,10);4-5H,3,7H2,1-2H3,(H,8,9);2,5H,1,4H2,(H,6,7);2H,4H2,1H3,(H,5,6)/t9-;3*5-;2*2-/m100110/s1. The Morgan fingerprint density at radius 1 is 0.655 bits per heavy atom. The molecular formula is C35H62N10O13. The van der Waals surface area contributed by atoms with Gasteiger partial charge in [0.1, 0.15) is 36.3 Å². The van der Waals surface area contributed by atoms with E-state index in [1.54, 1.807) is 6.20 Å². The van der Waals surface area contributed by atoms with Crippen molar-refractivity contribution >= 4 is 46.7 Å². The van der Waals surface area contributed by atoms with Gasteiger partial charge in [0.05, 0.1) is 12.9 Å². The van der Waals surface area contributed by atoms with Crippen LogP contribution in [0.25, 0.3) is 10.9 Å². The topological polar surface area (TPSA) is 471 Å². The molecule has 0 fully saturated rings. The Morgan fingerprint density at radius 3 is 1.50 bits per heavy atom. The molecule has 0 spiro atoms. The Labute approximate surface area is 335 Å². The zero-order valence-electron chi connectivity index (χ0n) is 32.8. The SMILES string of the molecule is CC(C)C[C@@H](N)C(=O)O.C[C@H](N)C(=O)O.NCCCC[C@H](N)C(=O)O.N[C@@H](Cc1cnc[nH]1)C(=O)O.N[C@H](CO)C(=O)O.N[C@H](Cc1c[nH]c2ccccc12)C(=O)O. The number of fused-ring (bicyclic) bond motifs is 1. The first kappa shape index (κ1) is 56.8. The number of aliphatic carboxylic acids is 6. The van der Waals surface area contributed by atoms with Crippen molar-refractivity contribution in [2.45, 2.75) is 95.5 Å². The van der Waals surface area contributed by atoms with Crippen LogP contribution >= 0.6 is 0 Å². The molecule has 0 amide bonds. The first-order valence-electron chi connectivity index (χ1n) is 17.7.